The van der Waals surface area contributed by atoms with E-state index >= 15 is 0 Å². The van der Waals surface area contributed by atoms with Crippen LogP contribution in [0, 0.1) is 5.82 Å². The SMILES string of the molecule is CN1CCN(c2nc(N3CCNCC3)c3cnc(-c4ccc(F)c5sc(N)nc45)c(C(F)(F)F)c3n2)CC1. The molecule has 4 aromatic rings. The van der Waals surface area contributed by atoms with E-state index in [0.717, 1.165) is 30.5 Å². The first kappa shape index (κ1) is 24.9. The summed E-state index contributed by atoms with van der Waals surface area (Å²) >= 11 is 0.881. The molecule has 3 aromatic heterocycles. The topological polar surface area (TPSA) is 99.3 Å². The van der Waals surface area contributed by atoms with Crippen LogP contribution >= 0.6 is 11.3 Å². The normalized spacial score (nSPS) is 17.6. The first-order chi connectivity index (χ1) is 18.2. The molecule has 0 amide bonds. The van der Waals surface area contributed by atoms with Crippen LogP contribution in [0.2, 0.25) is 0 Å². The molecule has 2 saturated heterocycles. The Morgan fingerprint density at radius 3 is 2.39 bits per heavy atom. The van der Waals surface area contributed by atoms with Crippen molar-refractivity contribution >= 4 is 49.4 Å². The van der Waals surface area contributed by atoms with Gasteiger partial charge in [-0.3, -0.25) is 4.98 Å². The monoisotopic (exact) mass is 547 g/mol. The third-order valence-electron chi connectivity index (χ3n) is 6.96. The summed E-state index contributed by atoms with van der Waals surface area (Å²) in [5, 5.41) is 3.54. The molecule has 3 N–H and O–H groups in total. The number of nitrogen functional groups attached to an aromatic ring is 1. The lowest BCUT2D eigenvalue weighted by atomic mass is 10.0. The van der Waals surface area contributed by atoms with E-state index in [-0.39, 0.29) is 43.5 Å². The average Bonchev–Trinajstić information content (AvgIpc) is 3.30. The second-order valence-corrected chi connectivity index (χ2v) is 10.5. The minimum atomic E-state index is -4.81. The fourth-order valence-electron chi connectivity index (χ4n) is 4.98. The molecule has 6 rings (SSSR count). The lowest BCUT2D eigenvalue weighted by molar-refractivity contribution is -0.136. The molecule has 0 spiro atoms. The summed E-state index contributed by atoms with van der Waals surface area (Å²) in [6, 6.07) is 2.38. The molecule has 1 aromatic carbocycles. The van der Waals surface area contributed by atoms with Gasteiger partial charge in [-0.25, -0.2) is 14.4 Å². The highest BCUT2D eigenvalue weighted by Crippen LogP contribution is 2.44. The van der Waals surface area contributed by atoms with Gasteiger partial charge in [-0.1, -0.05) is 11.3 Å². The Labute approximate surface area is 219 Å². The number of rotatable bonds is 3. The molecular formula is C24H25F4N9S. The number of nitrogens with one attached hydrogen (secondary N) is 1. The van der Waals surface area contributed by atoms with Gasteiger partial charge in [0.15, 0.2) is 5.13 Å². The highest BCUT2D eigenvalue weighted by molar-refractivity contribution is 7.22. The third kappa shape index (κ3) is 4.35. The van der Waals surface area contributed by atoms with Crippen molar-refractivity contribution in [3.63, 3.8) is 0 Å². The average molecular weight is 548 g/mol. The molecule has 2 aliphatic heterocycles. The maximum Gasteiger partial charge on any atom is 0.420 e. The van der Waals surface area contributed by atoms with Crippen LogP contribution in [0.5, 0.6) is 0 Å². The molecule has 0 radical (unpaired) electrons. The Morgan fingerprint density at radius 2 is 1.68 bits per heavy atom. The lowest BCUT2D eigenvalue weighted by Gasteiger charge is -2.34. The maximum atomic E-state index is 14.9. The minimum absolute atomic E-state index is 0.0422. The first-order valence-electron chi connectivity index (χ1n) is 12.2. The molecule has 0 atom stereocenters. The fourth-order valence-corrected chi connectivity index (χ4v) is 5.75. The zero-order valence-electron chi connectivity index (χ0n) is 20.5. The number of fused-ring (bicyclic) bond motifs is 2. The van der Waals surface area contributed by atoms with Crippen molar-refractivity contribution in [2.24, 2.45) is 0 Å². The molecule has 2 aliphatic rings. The number of benzene rings is 1. The molecule has 14 heteroatoms. The van der Waals surface area contributed by atoms with Gasteiger partial charge >= 0.3 is 6.18 Å². The van der Waals surface area contributed by atoms with Gasteiger partial charge in [-0.15, -0.1) is 0 Å². The number of hydrogen-bond acceptors (Lipinski definition) is 10. The summed E-state index contributed by atoms with van der Waals surface area (Å²) in [5.74, 6) is 0.0778. The van der Waals surface area contributed by atoms with E-state index in [2.05, 4.69) is 25.2 Å². The molecule has 38 heavy (non-hydrogen) atoms. The van der Waals surface area contributed by atoms with Crippen molar-refractivity contribution in [2.75, 3.05) is 74.9 Å². The van der Waals surface area contributed by atoms with Crippen molar-refractivity contribution < 1.29 is 17.6 Å². The van der Waals surface area contributed by atoms with Crippen LogP contribution in [0.25, 0.3) is 32.4 Å². The van der Waals surface area contributed by atoms with Crippen LogP contribution < -0.4 is 20.9 Å². The summed E-state index contributed by atoms with van der Waals surface area (Å²) in [6.45, 7) is 5.24. The second-order valence-electron chi connectivity index (χ2n) is 9.44. The molecule has 0 unspecified atom stereocenters. The van der Waals surface area contributed by atoms with Crippen LogP contribution in [0.3, 0.4) is 0 Å². The Hall–Kier alpha value is -3.36. The highest BCUT2D eigenvalue weighted by atomic mass is 32.1. The van der Waals surface area contributed by atoms with Crippen molar-refractivity contribution in [1.82, 2.24) is 30.2 Å². The van der Waals surface area contributed by atoms with E-state index in [0.29, 0.717) is 45.1 Å². The molecule has 0 saturated carbocycles. The summed E-state index contributed by atoms with van der Waals surface area (Å²) in [5.41, 5.74) is 4.29. The molecule has 0 bridgehead atoms. The summed E-state index contributed by atoms with van der Waals surface area (Å²) in [4.78, 5) is 23.7. The van der Waals surface area contributed by atoms with Gasteiger partial charge in [-0.05, 0) is 19.2 Å². The predicted molar refractivity (Wildman–Crippen MR) is 140 cm³/mol. The zero-order valence-corrected chi connectivity index (χ0v) is 21.3. The van der Waals surface area contributed by atoms with E-state index in [1.807, 2.05) is 16.8 Å². The number of hydrogen-bond donors (Lipinski definition) is 2. The number of anilines is 3. The van der Waals surface area contributed by atoms with Gasteiger partial charge < -0.3 is 25.8 Å². The summed E-state index contributed by atoms with van der Waals surface area (Å²) in [7, 11) is 2.00. The van der Waals surface area contributed by atoms with Crippen LogP contribution in [-0.4, -0.2) is 84.2 Å². The number of alkyl halides is 3. The van der Waals surface area contributed by atoms with E-state index in [1.165, 1.54) is 12.3 Å². The Balaban J connectivity index is 1.63. The summed E-state index contributed by atoms with van der Waals surface area (Å²) in [6.07, 6.45) is -3.42. The van der Waals surface area contributed by atoms with Gasteiger partial charge in [0.05, 0.1) is 26.8 Å². The van der Waals surface area contributed by atoms with Crippen molar-refractivity contribution in [2.45, 2.75) is 6.18 Å². The smallest absolute Gasteiger partial charge is 0.375 e. The lowest BCUT2D eigenvalue weighted by Crippen LogP contribution is -2.46. The van der Waals surface area contributed by atoms with E-state index in [9.17, 15) is 17.6 Å². The molecule has 2 fully saturated rings. The third-order valence-corrected chi connectivity index (χ3v) is 7.86. The van der Waals surface area contributed by atoms with Gasteiger partial charge in [0.2, 0.25) is 5.95 Å². The van der Waals surface area contributed by atoms with Crippen LogP contribution in [0.1, 0.15) is 5.56 Å². The Bertz CT molecular complexity index is 1510. The Morgan fingerprint density at radius 1 is 0.947 bits per heavy atom. The van der Waals surface area contributed by atoms with Crippen LogP contribution in [0.4, 0.5) is 34.5 Å². The quantitative estimate of drug-likeness (QED) is 0.375. The van der Waals surface area contributed by atoms with E-state index < -0.39 is 17.6 Å². The number of nitrogens with zero attached hydrogens (tertiary/aromatic N) is 7. The summed E-state index contributed by atoms with van der Waals surface area (Å²) < 4.78 is 59.2. The number of thiazole rings is 1. The first-order valence-corrected chi connectivity index (χ1v) is 13.0. The standard InChI is InChI=1S/C24H25F4N9S/c1-35-8-10-37(11-9-35)23-33-18-14(21(34-23)36-6-4-30-5-7-36)12-31-17(16(18)24(26,27)28)13-2-3-15(25)20-19(13)32-22(29)38-20/h2-3,12,30H,4-11H2,1H3,(H2,29,32). The van der Waals surface area contributed by atoms with Crippen molar-refractivity contribution in [1.29, 1.82) is 0 Å². The Kier molecular flexibility index (Phi) is 6.19. The molecule has 9 nitrogen and oxygen atoms in total. The zero-order chi connectivity index (χ0) is 26.6. The van der Waals surface area contributed by atoms with E-state index in [4.69, 9.17) is 10.7 Å². The molecule has 200 valence electrons. The largest absolute Gasteiger partial charge is 0.420 e. The minimum Gasteiger partial charge on any atom is -0.375 e. The fraction of sp³-hybridized carbons (Fsp3) is 0.417. The number of piperazine rings is 2. The number of nitrogens with two attached hydrogens (primary N) is 1. The van der Waals surface area contributed by atoms with Gasteiger partial charge in [0.1, 0.15) is 17.2 Å². The van der Waals surface area contributed by atoms with Crippen molar-refractivity contribution in [3.8, 4) is 11.3 Å². The van der Waals surface area contributed by atoms with Crippen LogP contribution in [-0.2, 0) is 6.18 Å². The molecule has 5 heterocycles. The highest BCUT2D eigenvalue weighted by Gasteiger charge is 2.39. The number of pyridine rings is 1. The molecular weight excluding hydrogens is 522 g/mol. The maximum absolute atomic E-state index is 14.9. The van der Waals surface area contributed by atoms with E-state index in [1.54, 1.807) is 0 Å². The van der Waals surface area contributed by atoms with Gasteiger partial charge in [0, 0.05) is 64.1 Å². The number of halogens is 4. The van der Waals surface area contributed by atoms with Crippen LogP contribution in [0.15, 0.2) is 18.3 Å². The van der Waals surface area contributed by atoms with Crippen molar-refractivity contribution in [3.05, 3.63) is 29.7 Å². The second kappa shape index (κ2) is 9.43. The van der Waals surface area contributed by atoms with Gasteiger partial charge in [-0.2, -0.15) is 18.2 Å². The number of likely N-dealkylation sites (N-methyl/N-ethyl adjacent to an activating group) is 1. The number of aromatic nitrogens is 4. The molecule has 0 aliphatic carbocycles. The van der Waals surface area contributed by atoms with Gasteiger partial charge in [0.25, 0.3) is 0 Å². The predicted octanol–water partition coefficient (Wildman–Crippen LogP) is 3.20.